The first-order chi connectivity index (χ1) is 8.33. The van der Waals surface area contributed by atoms with Crippen LogP contribution in [0.5, 0.6) is 0 Å². The van der Waals surface area contributed by atoms with Gasteiger partial charge < -0.3 is 4.98 Å². The Labute approximate surface area is 103 Å². The van der Waals surface area contributed by atoms with Crippen molar-refractivity contribution in [1.82, 2.24) is 15.0 Å². The Morgan fingerprint density at radius 1 is 1.06 bits per heavy atom. The molecule has 0 aliphatic carbocycles. The zero-order chi connectivity index (χ0) is 11.7. The van der Waals surface area contributed by atoms with Gasteiger partial charge in [0, 0.05) is 17.1 Å². The number of hydrogen-bond donors (Lipinski definition) is 1. The second-order valence-electron chi connectivity index (χ2n) is 3.72. The highest BCUT2D eigenvalue weighted by Gasteiger charge is 2.00. The molecule has 3 aromatic rings. The first-order valence-electron chi connectivity index (χ1n) is 5.23. The molecule has 0 aliphatic heterocycles. The molecule has 1 N–H and O–H groups in total. The van der Waals surface area contributed by atoms with E-state index in [2.05, 4.69) is 21.0 Å². The van der Waals surface area contributed by atoms with Crippen molar-refractivity contribution in [2.75, 3.05) is 0 Å². The van der Waals surface area contributed by atoms with E-state index in [0.29, 0.717) is 4.64 Å². The van der Waals surface area contributed by atoms with Crippen LogP contribution >= 0.6 is 12.2 Å². The average molecular weight is 239 g/mol. The smallest absolute Gasteiger partial charge is 0.130 e. The minimum Gasteiger partial charge on any atom is -0.346 e. The molecular formula is C13H9N3S. The van der Waals surface area contributed by atoms with Gasteiger partial charge in [-0.3, -0.25) is 4.98 Å². The van der Waals surface area contributed by atoms with E-state index in [1.54, 1.807) is 6.33 Å². The van der Waals surface area contributed by atoms with Crippen LogP contribution in [0, 0.1) is 4.64 Å². The number of benzene rings is 1. The van der Waals surface area contributed by atoms with Gasteiger partial charge in [-0.25, -0.2) is 4.98 Å². The largest absolute Gasteiger partial charge is 0.346 e. The summed E-state index contributed by atoms with van der Waals surface area (Å²) in [7, 11) is 0. The molecule has 0 atom stereocenters. The predicted octanol–water partition coefficient (Wildman–Crippen LogP) is 3.35. The van der Waals surface area contributed by atoms with E-state index >= 15 is 0 Å². The number of H-pyrrole nitrogens is 1. The van der Waals surface area contributed by atoms with Crippen LogP contribution in [0.4, 0.5) is 0 Å². The Morgan fingerprint density at radius 2 is 1.94 bits per heavy atom. The van der Waals surface area contributed by atoms with E-state index in [1.807, 2.05) is 36.5 Å². The van der Waals surface area contributed by atoms with Crippen molar-refractivity contribution in [3.05, 3.63) is 53.6 Å². The van der Waals surface area contributed by atoms with Gasteiger partial charge in [-0.2, -0.15) is 0 Å². The molecule has 2 aromatic heterocycles. The van der Waals surface area contributed by atoms with Crippen molar-refractivity contribution < 1.29 is 0 Å². The third-order valence-electron chi connectivity index (χ3n) is 2.58. The maximum absolute atomic E-state index is 5.04. The summed E-state index contributed by atoms with van der Waals surface area (Å²) in [5.74, 6) is 0. The lowest BCUT2D eigenvalue weighted by Gasteiger charge is -2.02. The second-order valence-corrected chi connectivity index (χ2v) is 4.13. The summed E-state index contributed by atoms with van der Waals surface area (Å²) in [5, 5.41) is 1.11. The molecule has 0 radical (unpaired) electrons. The van der Waals surface area contributed by atoms with Crippen molar-refractivity contribution in [2.45, 2.75) is 0 Å². The van der Waals surface area contributed by atoms with Crippen molar-refractivity contribution in [2.24, 2.45) is 0 Å². The number of aromatic amines is 1. The summed E-state index contributed by atoms with van der Waals surface area (Å²) in [4.78, 5) is 11.5. The second kappa shape index (κ2) is 4.07. The van der Waals surface area contributed by atoms with Crippen LogP contribution in [0.2, 0.25) is 0 Å². The first-order valence-corrected chi connectivity index (χ1v) is 5.64. The van der Waals surface area contributed by atoms with Gasteiger partial charge in [-0.15, -0.1) is 0 Å². The predicted molar refractivity (Wildman–Crippen MR) is 70.2 cm³/mol. The summed E-state index contributed by atoms with van der Waals surface area (Å²) < 4.78 is 0.576. The fourth-order valence-electron chi connectivity index (χ4n) is 1.75. The minimum absolute atomic E-state index is 0.576. The molecule has 0 fully saturated rings. The van der Waals surface area contributed by atoms with Crippen LogP contribution in [0.25, 0.3) is 22.2 Å². The molecule has 0 amide bonds. The quantitative estimate of drug-likeness (QED) is 0.662. The Kier molecular flexibility index (Phi) is 2.42. The highest BCUT2D eigenvalue weighted by Crippen LogP contribution is 2.20. The highest BCUT2D eigenvalue weighted by atomic mass is 32.1. The summed E-state index contributed by atoms with van der Waals surface area (Å²) in [6.07, 6.45) is 3.44. The van der Waals surface area contributed by atoms with Crippen LogP contribution in [0.3, 0.4) is 0 Å². The maximum Gasteiger partial charge on any atom is 0.130 e. The number of para-hydroxylation sites is 1. The van der Waals surface area contributed by atoms with Crippen LogP contribution in [0.15, 0.2) is 48.9 Å². The molecule has 0 spiro atoms. The van der Waals surface area contributed by atoms with E-state index in [9.17, 15) is 0 Å². The van der Waals surface area contributed by atoms with E-state index in [4.69, 9.17) is 12.2 Å². The van der Waals surface area contributed by atoms with E-state index < -0.39 is 0 Å². The minimum atomic E-state index is 0.576. The van der Waals surface area contributed by atoms with Gasteiger partial charge in [0.1, 0.15) is 4.64 Å². The third kappa shape index (κ3) is 1.94. The molecule has 82 valence electrons. The number of hydrogen-bond acceptors (Lipinski definition) is 3. The lowest BCUT2D eigenvalue weighted by Crippen LogP contribution is -1.87. The van der Waals surface area contributed by atoms with Crippen LogP contribution in [0.1, 0.15) is 0 Å². The zero-order valence-corrected chi connectivity index (χ0v) is 9.74. The van der Waals surface area contributed by atoms with Gasteiger partial charge in [0.2, 0.25) is 0 Å². The molecule has 4 heteroatoms. The Balaban J connectivity index is 2.21. The van der Waals surface area contributed by atoms with Gasteiger partial charge in [0.05, 0.1) is 17.5 Å². The SMILES string of the molecule is S=c1cc(-c2cnc3ccccc3c2)[nH]cn1. The number of aromatic nitrogens is 3. The Bertz CT molecular complexity index is 734. The molecule has 2 heterocycles. The Morgan fingerprint density at radius 3 is 2.82 bits per heavy atom. The molecule has 17 heavy (non-hydrogen) atoms. The van der Waals surface area contributed by atoms with Gasteiger partial charge in [0.15, 0.2) is 0 Å². The van der Waals surface area contributed by atoms with Gasteiger partial charge in [-0.05, 0) is 18.2 Å². The lowest BCUT2D eigenvalue weighted by atomic mass is 10.1. The van der Waals surface area contributed by atoms with Crippen LogP contribution in [-0.2, 0) is 0 Å². The number of nitrogens with zero attached hydrogens (tertiary/aromatic N) is 2. The van der Waals surface area contributed by atoms with Crippen molar-refractivity contribution in [1.29, 1.82) is 0 Å². The maximum atomic E-state index is 5.04. The number of nitrogens with one attached hydrogen (secondary N) is 1. The molecule has 0 saturated carbocycles. The van der Waals surface area contributed by atoms with Crippen molar-refractivity contribution in [3.8, 4) is 11.3 Å². The monoisotopic (exact) mass is 239 g/mol. The lowest BCUT2D eigenvalue weighted by molar-refractivity contribution is 1.15. The molecule has 1 aromatic carbocycles. The van der Waals surface area contributed by atoms with Crippen LogP contribution in [-0.4, -0.2) is 15.0 Å². The topological polar surface area (TPSA) is 41.6 Å². The van der Waals surface area contributed by atoms with Crippen molar-refractivity contribution >= 4 is 23.1 Å². The molecule has 0 unspecified atom stereocenters. The average Bonchev–Trinajstić information content (AvgIpc) is 2.38. The molecule has 0 aliphatic rings. The van der Waals surface area contributed by atoms with Crippen molar-refractivity contribution in [3.63, 3.8) is 0 Å². The number of rotatable bonds is 1. The third-order valence-corrected chi connectivity index (χ3v) is 2.80. The van der Waals surface area contributed by atoms with E-state index in [1.165, 1.54) is 0 Å². The summed E-state index contributed by atoms with van der Waals surface area (Å²) in [6.45, 7) is 0. The number of pyridine rings is 1. The molecule has 3 rings (SSSR count). The van der Waals surface area contributed by atoms with Gasteiger partial charge in [0.25, 0.3) is 0 Å². The van der Waals surface area contributed by atoms with Gasteiger partial charge in [-0.1, -0.05) is 30.4 Å². The fourth-order valence-corrected chi connectivity index (χ4v) is 1.92. The molecular weight excluding hydrogens is 230 g/mol. The molecule has 0 saturated heterocycles. The summed E-state index contributed by atoms with van der Waals surface area (Å²) >= 11 is 5.04. The highest BCUT2D eigenvalue weighted by molar-refractivity contribution is 7.71. The normalized spacial score (nSPS) is 10.6. The Hall–Kier alpha value is -2.07. The van der Waals surface area contributed by atoms with Crippen LogP contribution < -0.4 is 0 Å². The number of fused-ring (bicyclic) bond motifs is 1. The first kappa shape index (κ1) is 10.1. The van der Waals surface area contributed by atoms with E-state index in [-0.39, 0.29) is 0 Å². The standard InChI is InChI=1S/C13H9N3S/c17-13-6-12(15-8-16-13)10-5-9-3-1-2-4-11(9)14-7-10/h1-8H,(H,15,16,17). The summed E-state index contributed by atoms with van der Waals surface area (Å²) in [6, 6.07) is 11.9. The van der Waals surface area contributed by atoms with Gasteiger partial charge >= 0.3 is 0 Å². The molecule has 3 nitrogen and oxygen atoms in total. The fraction of sp³-hybridized carbons (Fsp3) is 0. The zero-order valence-electron chi connectivity index (χ0n) is 8.92. The van der Waals surface area contributed by atoms with E-state index in [0.717, 1.165) is 22.2 Å². The molecule has 0 bridgehead atoms. The summed E-state index contributed by atoms with van der Waals surface area (Å²) in [5.41, 5.74) is 2.93.